The topological polar surface area (TPSA) is 56.5 Å². The second kappa shape index (κ2) is 4.41. The Bertz CT molecular complexity index is 625. The highest BCUT2D eigenvalue weighted by atomic mass is 16.5. The molecule has 0 unspecified atom stereocenters. The van der Waals surface area contributed by atoms with Crippen LogP contribution in [-0.4, -0.2) is 5.97 Å². The van der Waals surface area contributed by atoms with Gasteiger partial charge in [0.2, 0.25) is 0 Å². The van der Waals surface area contributed by atoms with Crippen molar-refractivity contribution in [1.29, 1.82) is 0 Å². The minimum absolute atomic E-state index is 0.0541. The van der Waals surface area contributed by atoms with Crippen LogP contribution >= 0.6 is 0 Å². The van der Waals surface area contributed by atoms with Crippen LogP contribution in [0, 0.1) is 6.92 Å². The number of hydrogen-bond donors (Lipinski definition) is 0. The van der Waals surface area contributed by atoms with E-state index in [1.54, 1.807) is 12.1 Å². The van der Waals surface area contributed by atoms with Crippen molar-refractivity contribution in [3.8, 4) is 0 Å². The van der Waals surface area contributed by atoms with Gasteiger partial charge < -0.3 is 9.15 Å². The van der Waals surface area contributed by atoms with Crippen molar-refractivity contribution in [1.82, 2.24) is 0 Å². The molecule has 0 aliphatic rings. The summed E-state index contributed by atoms with van der Waals surface area (Å²) in [7, 11) is 0. The van der Waals surface area contributed by atoms with Crippen LogP contribution in [0.1, 0.15) is 18.1 Å². The lowest BCUT2D eigenvalue weighted by atomic mass is 10.1. The van der Waals surface area contributed by atoms with Gasteiger partial charge in [-0.15, -0.1) is 0 Å². The molecule has 1 heterocycles. The molecule has 2 aromatic rings. The van der Waals surface area contributed by atoms with E-state index in [2.05, 4.69) is 0 Å². The molecule has 0 saturated carbocycles. The third-order valence-corrected chi connectivity index (χ3v) is 2.39. The van der Waals surface area contributed by atoms with Gasteiger partial charge in [-0.3, -0.25) is 4.79 Å². The van der Waals surface area contributed by atoms with Crippen molar-refractivity contribution >= 4 is 16.9 Å². The van der Waals surface area contributed by atoms with E-state index in [4.69, 9.17) is 9.15 Å². The van der Waals surface area contributed by atoms with Crippen molar-refractivity contribution < 1.29 is 13.9 Å². The summed E-state index contributed by atoms with van der Waals surface area (Å²) >= 11 is 0. The highest BCUT2D eigenvalue weighted by Gasteiger charge is 2.06. The Morgan fingerprint density at radius 2 is 2.12 bits per heavy atom. The number of fused-ring (bicyclic) bond motifs is 1. The van der Waals surface area contributed by atoms with E-state index in [9.17, 15) is 9.59 Å². The zero-order chi connectivity index (χ0) is 12.4. The van der Waals surface area contributed by atoms with Gasteiger partial charge in [0.05, 0.1) is 5.56 Å². The van der Waals surface area contributed by atoms with E-state index in [0.717, 1.165) is 10.9 Å². The normalized spacial score (nSPS) is 10.5. The van der Waals surface area contributed by atoms with Crippen LogP contribution in [0.25, 0.3) is 11.0 Å². The Morgan fingerprint density at radius 1 is 1.35 bits per heavy atom. The van der Waals surface area contributed by atoms with Crippen molar-refractivity contribution in [2.45, 2.75) is 20.5 Å². The predicted octanol–water partition coefficient (Wildman–Crippen LogP) is 2.16. The Labute approximate surface area is 97.8 Å². The summed E-state index contributed by atoms with van der Waals surface area (Å²) in [6.07, 6.45) is 0. The third kappa shape index (κ3) is 2.53. The fourth-order valence-electron chi connectivity index (χ4n) is 1.54. The molecule has 0 saturated heterocycles. The Morgan fingerprint density at radius 3 is 2.82 bits per heavy atom. The first-order valence-electron chi connectivity index (χ1n) is 5.23. The smallest absolute Gasteiger partial charge is 0.342 e. The van der Waals surface area contributed by atoms with Crippen LogP contribution in [0.3, 0.4) is 0 Å². The van der Waals surface area contributed by atoms with Crippen LogP contribution in [0.15, 0.2) is 33.5 Å². The average Bonchev–Trinajstić information content (AvgIpc) is 2.26. The first kappa shape index (κ1) is 11.4. The predicted molar refractivity (Wildman–Crippen MR) is 62.7 cm³/mol. The molecule has 1 aromatic heterocycles. The van der Waals surface area contributed by atoms with Gasteiger partial charge in [-0.1, -0.05) is 12.1 Å². The summed E-state index contributed by atoms with van der Waals surface area (Å²) in [5.41, 5.74) is 1.44. The lowest BCUT2D eigenvalue weighted by molar-refractivity contribution is -0.142. The van der Waals surface area contributed by atoms with Crippen molar-refractivity contribution in [2.24, 2.45) is 0 Å². The molecule has 1 aromatic carbocycles. The van der Waals surface area contributed by atoms with Crippen molar-refractivity contribution in [3.05, 3.63) is 45.8 Å². The Balaban J connectivity index is 2.45. The van der Waals surface area contributed by atoms with Gasteiger partial charge in [0.1, 0.15) is 12.2 Å². The van der Waals surface area contributed by atoms with E-state index in [1.807, 2.05) is 19.1 Å². The molecule has 0 aliphatic carbocycles. The Kier molecular flexibility index (Phi) is 2.95. The SMILES string of the molecule is CC(=O)OCc1cc2ccc(C)cc2oc1=O. The molecule has 0 aliphatic heterocycles. The van der Waals surface area contributed by atoms with Gasteiger partial charge in [-0.2, -0.15) is 0 Å². The maximum atomic E-state index is 11.6. The zero-order valence-electron chi connectivity index (χ0n) is 9.65. The first-order valence-corrected chi connectivity index (χ1v) is 5.23. The van der Waals surface area contributed by atoms with Gasteiger partial charge in [0.25, 0.3) is 0 Å². The number of carbonyl (C=O) groups excluding carboxylic acids is 1. The van der Waals surface area contributed by atoms with Crippen LogP contribution in [-0.2, 0) is 16.1 Å². The maximum absolute atomic E-state index is 11.6. The fraction of sp³-hybridized carbons (Fsp3) is 0.231. The largest absolute Gasteiger partial charge is 0.461 e. The number of rotatable bonds is 2. The second-order valence-electron chi connectivity index (χ2n) is 3.88. The lowest BCUT2D eigenvalue weighted by Gasteiger charge is -2.03. The van der Waals surface area contributed by atoms with Gasteiger partial charge in [0, 0.05) is 12.3 Å². The molecule has 0 atom stereocenters. The molecular formula is C13H12O4. The van der Waals surface area contributed by atoms with Crippen molar-refractivity contribution in [2.75, 3.05) is 0 Å². The molecule has 0 spiro atoms. The van der Waals surface area contributed by atoms with Gasteiger partial charge in [-0.05, 0) is 24.6 Å². The number of ether oxygens (including phenoxy) is 1. The van der Waals surface area contributed by atoms with Crippen molar-refractivity contribution in [3.63, 3.8) is 0 Å². The molecule has 0 N–H and O–H groups in total. The lowest BCUT2D eigenvalue weighted by Crippen LogP contribution is -2.10. The van der Waals surface area contributed by atoms with Gasteiger partial charge in [0.15, 0.2) is 0 Å². The molecule has 0 bridgehead atoms. The number of esters is 1. The molecule has 4 nitrogen and oxygen atoms in total. The average molecular weight is 232 g/mol. The van der Waals surface area contributed by atoms with E-state index < -0.39 is 11.6 Å². The van der Waals surface area contributed by atoms with Crippen LogP contribution < -0.4 is 5.63 Å². The Hall–Kier alpha value is -2.10. The van der Waals surface area contributed by atoms with E-state index in [-0.39, 0.29) is 6.61 Å². The maximum Gasteiger partial charge on any atom is 0.342 e. The monoisotopic (exact) mass is 232 g/mol. The highest BCUT2D eigenvalue weighted by molar-refractivity contribution is 5.77. The minimum Gasteiger partial charge on any atom is -0.461 e. The summed E-state index contributed by atoms with van der Waals surface area (Å²) in [6, 6.07) is 7.28. The molecule has 4 heteroatoms. The van der Waals surface area contributed by atoms with Gasteiger partial charge in [-0.25, -0.2) is 4.79 Å². The summed E-state index contributed by atoms with van der Waals surface area (Å²) in [4.78, 5) is 22.3. The third-order valence-electron chi connectivity index (χ3n) is 2.39. The molecular weight excluding hydrogens is 220 g/mol. The van der Waals surface area contributed by atoms with Gasteiger partial charge >= 0.3 is 11.6 Å². The highest BCUT2D eigenvalue weighted by Crippen LogP contribution is 2.15. The van der Waals surface area contributed by atoms with Crippen LogP contribution in [0.5, 0.6) is 0 Å². The molecule has 0 radical (unpaired) electrons. The van der Waals surface area contributed by atoms with Crippen LogP contribution in [0.4, 0.5) is 0 Å². The second-order valence-corrected chi connectivity index (χ2v) is 3.88. The van der Waals surface area contributed by atoms with E-state index >= 15 is 0 Å². The standard InChI is InChI=1S/C13H12O4/c1-8-3-4-10-6-11(7-16-9(2)14)13(15)17-12(10)5-8/h3-6H,7H2,1-2H3. The number of carbonyl (C=O) groups is 1. The molecule has 2 rings (SSSR count). The van der Waals surface area contributed by atoms with E-state index in [1.165, 1.54) is 6.92 Å². The fourth-order valence-corrected chi connectivity index (χ4v) is 1.54. The van der Waals surface area contributed by atoms with E-state index in [0.29, 0.717) is 11.1 Å². The molecule has 0 fully saturated rings. The molecule has 88 valence electrons. The number of hydrogen-bond acceptors (Lipinski definition) is 4. The number of aryl methyl sites for hydroxylation is 1. The summed E-state index contributed by atoms with van der Waals surface area (Å²) in [6.45, 7) is 3.17. The summed E-state index contributed by atoms with van der Waals surface area (Å²) < 4.78 is 9.94. The summed E-state index contributed by atoms with van der Waals surface area (Å²) in [5.74, 6) is -0.423. The quantitative estimate of drug-likeness (QED) is 0.588. The molecule has 17 heavy (non-hydrogen) atoms. The van der Waals surface area contributed by atoms with Crippen LogP contribution in [0.2, 0.25) is 0 Å². The zero-order valence-corrected chi connectivity index (χ0v) is 9.65. The molecule has 0 amide bonds. The first-order chi connectivity index (χ1) is 8.06. The minimum atomic E-state index is -0.468. The summed E-state index contributed by atoms with van der Waals surface area (Å²) in [5, 5.41) is 0.817. The number of benzene rings is 1.